The van der Waals surface area contributed by atoms with Gasteiger partial charge in [-0.2, -0.15) is 0 Å². The summed E-state index contributed by atoms with van der Waals surface area (Å²) in [6.07, 6.45) is 12.9. The van der Waals surface area contributed by atoms with Gasteiger partial charge in [0.1, 0.15) is 24.4 Å². The second-order valence-corrected chi connectivity index (χ2v) is 15.8. The fraction of sp³-hybridized carbons (Fsp3) is 0.914. The molecular formula is C35H59NO6. The lowest BCUT2D eigenvalue weighted by Gasteiger charge is -2.59. The first-order valence-electron chi connectivity index (χ1n) is 17.1. The summed E-state index contributed by atoms with van der Waals surface area (Å²) in [6, 6.07) is -0.890. The lowest BCUT2D eigenvalue weighted by molar-refractivity contribution is -0.287. The Morgan fingerprint density at radius 1 is 1.00 bits per heavy atom. The minimum absolute atomic E-state index is 0.0799. The number of hydrogen-bond acceptors (Lipinski definition) is 6. The number of carbonyl (C=O) groups excluding carboxylic acids is 1. The van der Waals surface area contributed by atoms with E-state index in [2.05, 4.69) is 52.1 Å². The molecule has 0 bridgehead atoms. The van der Waals surface area contributed by atoms with Crippen molar-refractivity contribution < 1.29 is 29.6 Å². The molecule has 42 heavy (non-hydrogen) atoms. The molecule has 7 nitrogen and oxygen atoms in total. The molecule has 4 N–H and O–H groups in total. The molecule has 4 aliphatic carbocycles. The minimum atomic E-state index is -1.30. The van der Waals surface area contributed by atoms with E-state index in [4.69, 9.17) is 9.47 Å². The Morgan fingerprint density at radius 2 is 1.71 bits per heavy atom. The molecule has 0 spiro atoms. The molecule has 1 aliphatic heterocycles. The molecule has 14 atom stereocenters. The number of allylic oxidation sites excluding steroid dienone is 2. The van der Waals surface area contributed by atoms with E-state index < -0.39 is 37.3 Å². The molecule has 5 rings (SSSR count). The van der Waals surface area contributed by atoms with Crippen molar-refractivity contribution in [3.05, 3.63) is 12.2 Å². The van der Waals surface area contributed by atoms with Crippen molar-refractivity contribution in [3.63, 3.8) is 0 Å². The molecule has 4 fully saturated rings. The summed E-state index contributed by atoms with van der Waals surface area (Å²) >= 11 is 0. The molecule has 1 heterocycles. The smallest absolute Gasteiger partial charge is 0.217 e. The number of fused-ring (bicyclic) bond motifs is 5. The normalized spacial score (nSPS) is 47.4. The van der Waals surface area contributed by atoms with Gasteiger partial charge < -0.3 is 30.1 Å². The molecule has 240 valence electrons. The molecule has 0 aromatic heterocycles. The van der Waals surface area contributed by atoms with Crippen molar-refractivity contribution in [2.24, 2.45) is 52.3 Å². The summed E-state index contributed by atoms with van der Waals surface area (Å²) < 4.78 is 12.3. The largest absolute Gasteiger partial charge is 0.394 e. The van der Waals surface area contributed by atoms with Gasteiger partial charge in [0.25, 0.3) is 0 Å². The lowest BCUT2D eigenvalue weighted by atomic mass is 9.46. The van der Waals surface area contributed by atoms with E-state index in [0.29, 0.717) is 23.2 Å². The highest BCUT2D eigenvalue weighted by Gasteiger charge is 2.60. The third kappa shape index (κ3) is 5.99. The summed E-state index contributed by atoms with van der Waals surface area (Å²) in [7, 11) is 0. The highest BCUT2D eigenvalue weighted by Crippen LogP contribution is 2.67. The number of nitrogens with one attached hydrogen (secondary N) is 1. The first kappa shape index (κ1) is 32.4. The summed E-state index contributed by atoms with van der Waals surface area (Å²) in [4.78, 5) is 11.9. The maximum atomic E-state index is 11.9. The molecule has 1 saturated heterocycles. The molecule has 0 radical (unpaired) electrons. The minimum Gasteiger partial charge on any atom is -0.394 e. The molecule has 0 aromatic rings. The summed E-state index contributed by atoms with van der Waals surface area (Å²) in [5, 5.41) is 33.5. The van der Waals surface area contributed by atoms with Crippen LogP contribution in [0.5, 0.6) is 0 Å². The van der Waals surface area contributed by atoms with Crippen LogP contribution in [-0.4, -0.2) is 64.6 Å². The van der Waals surface area contributed by atoms with Crippen molar-refractivity contribution >= 4 is 5.91 Å². The molecule has 1 amide bonds. The number of rotatable bonds is 9. The Hall–Kier alpha value is -0.990. The monoisotopic (exact) mass is 589 g/mol. The predicted octanol–water partition coefficient (Wildman–Crippen LogP) is 5.21. The van der Waals surface area contributed by atoms with Gasteiger partial charge in [0, 0.05) is 6.92 Å². The number of aliphatic hydroxyl groups is 3. The Kier molecular flexibility index (Phi) is 9.86. The zero-order valence-corrected chi connectivity index (χ0v) is 27.0. The van der Waals surface area contributed by atoms with Crippen LogP contribution in [0.3, 0.4) is 0 Å². The number of amides is 1. The fourth-order valence-corrected chi connectivity index (χ4v) is 10.5. The average Bonchev–Trinajstić information content (AvgIpc) is 3.29. The van der Waals surface area contributed by atoms with Gasteiger partial charge in [0.05, 0.1) is 12.7 Å². The second-order valence-electron chi connectivity index (χ2n) is 15.8. The van der Waals surface area contributed by atoms with E-state index in [1.165, 1.54) is 51.9 Å². The zero-order chi connectivity index (χ0) is 30.4. The summed E-state index contributed by atoms with van der Waals surface area (Å²) in [5.74, 6) is 4.71. The topological polar surface area (TPSA) is 108 Å². The van der Waals surface area contributed by atoms with Crippen molar-refractivity contribution in [2.75, 3.05) is 6.61 Å². The maximum Gasteiger partial charge on any atom is 0.217 e. The Balaban J connectivity index is 1.26. The van der Waals surface area contributed by atoms with Gasteiger partial charge in [-0.3, -0.25) is 4.79 Å². The van der Waals surface area contributed by atoms with E-state index in [9.17, 15) is 20.1 Å². The van der Waals surface area contributed by atoms with Crippen LogP contribution in [0.1, 0.15) is 106 Å². The van der Waals surface area contributed by atoms with Gasteiger partial charge in [0.15, 0.2) is 6.29 Å². The SMILES string of the molecule is CC(=O)N[C@H]1[C@H](O[C@H]2CC[C@@]3(C)[C@@H](C=C[C@@H]4[C@@H]3CC[C@]3(C)[C@@H]([C@@H](C)CCCC(C)C)CC[C@@H]43)C2)O[C@H](CO)[C@@H](O)[C@@H]1O. The maximum absolute atomic E-state index is 11.9. The highest BCUT2D eigenvalue weighted by atomic mass is 16.7. The standard InChI is InChI=1S/C35H59NO6/c1-20(2)8-7-9-21(3)26-12-13-27-25-11-10-23-18-24(14-16-34(23,5)28(25)15-17-35(26,27)6)41-33-30(36-22(4)38)32(40)31(39)29(19-37)42-33/h10-11,20-21,23-33,37,39-40H,7-9,12-19H2,1-6H3,(H,36,38)/t21-,23-,24-,25-,26+,27-,28-,29+,30+,31+,32+,33+,34-,35+/m0/s1. The van der Waals surface area contributed by atoms with E-state index in [-0.39, 0.29) is 17.4 Å². The van der Waals surface area contributed by atoms with Crippen LogP contribution in [0.2, 0.25) is 0 Å². The molecule has 0 aromatic carbocycles. The number of ether oxygens (including phenoxy) is 2. The van der Waals surface area contributed by atoms with Crippen LogP contribution in [0, 0.1) is 52.3 Å². The third-order valence-corrected chi connectivity index (χ3v) is 12.9. The fourth-order valence-electron chi connectivity index (χ4n) is 10.5. The van der Waals surface area contributed by atoms with Gasteiger partial charge in [-0.25, -0.2) is 0 Å². The van der Waals surface area contributed by atoms with E-state index >= 15 is 0 Å². The zero-order valence-electron chi connectivity index (χ0n) is 27.0. The molecular weight excluding hydrogens is 530 g/mol. The van der Waals surface area contributed by atoms with Crippen molar-refractivity contribution in [3.8, 4) is 0 Å². The van der Waals surface area contributed by atoms with Crippen LogP contribution in [0.15, 0.2) is 12.2 Å². The van der Waals surface area contributed by atoms with Gasteiger partial charge in [-0.05, 0) is 97.2 Å². The van der Waals surface area contributed by atoms with Crippen LogP contribution in [0.4, 0.5) is 0 Å². The second kappa shape index (κ2) is 12.8. The van der Waals surface area contributed by atoms with Crippen LogP contribution >= 0.6 is 0 Å². The quantitative estimate of drug-likeness (QED) is 0.275. The van der Waals surface area contributed by atoms with Gasteiger partial charge in [0.2, 0.25) is 5.91 Å². The summed E-state index contributed by atoms with van der Waals surface area (Å²) in [5.41, 5.74) is 0.702. The van der Waals surface area contributed by atoms with Gasteiger partial charge in [-0.1, -0.05) is 66.0 Å². The van der Waals surface area contributed by atoms with Crippen LogP contribution < -0.4 is 5.32 Å². The highest BCUT2D eigenvalue weighted by molar-refractivity contribution is 5.73. The Morgan fingerprint density at radius 3 is 2.40 bits per heavy atom. The summed E-state index contributed by atoms with van der Waals surface area (Å²) in [6.45, 7) is 13.3. The number of carbonyl (C=O) groups is 1. The van der Waals surface area contributed by atoms with Crippen LogP contribution in [0.25, 0.3) is 0 Å². The van der Waals surface area contributed by atoms with E-state index in [1.54, 1.807) is 0 Å². The first-order chi connectivity index (χ1) is 19.9. The van der Waals surface area contributed by atoms with Gasteiger partial charge >= 0.3 is 0 Å². The van der Waals surface area contributed by atoms with Crippen molar-refractivity contribution in [1.29, 1.82) is 0 Å². The molecule has 3 saturated carbocycles. The Bertz CT molecular complexity index is 971. The predicted molar refractivity (Wildman–Crippen MR) is 163 cm³/mol. The molecule has 7 heteroatoms. The number of aliphatic hydroxyl groups excluding tert-OH is 3. The molecule has 5 aliphatic rings. The van der Waals surface area contributed by atoms with E-state index in [0.717, 1.165) is 42.9 Å². The first-order valence-corrected chi connectivity index (χ1v) is 17.1. The molecule has 0 unspecified atom stereocenters. The lowest BCUT2D eigenvalue weighted by Crippen LogP contribution is -2.65. The van der Waals surface area contributed by atoms with Gasteiger partial charge in [-0.15, -0.1) is 0 Å². The Labute approximate surface area is 254 Å². The van der Waals surface area contributed by atoms with E-state index in [1.807, 2.05) is 0 Å². The van der Waals surface area contributed by atoms with Crippen molar-refractivity contribution in [2.45, 2.75) is 142 Å². The average molecular weight is 590 g/mol. The van der Waals surface area contributed by atoms with Crippen LogP contribution in [-0.2, 0) is 14.3 Å². The number of hydrogen-bond donors (Lipinski definition) is 4. The van der Waals surface area contributed by atoms with Crippen molar-refractivity contribution in [1.82, 2.24) is 5.32 Å². The third-order valence-electron chi connectivity index (χ3n) is 12.9.